The van der Waals surface area contributed by atoms with Crippen LogP contribution in [0.2, 0.25) is 0 Å². The summed E-state index contributed by atoms with van der Waals surface area (Å²) in [5.74, 6) is -1.32. The first-order valence-electron chi connectivity index (χ1n) is 3.19. The highest BCUT2D eigenvalue weighted by atomic mass is 16.5. The fraction of sp³-hybridized carbons (Fsp3) is 0.667. The predicted octanol–water partition coefficient (Wildman–Crippen LogP) is -1.07. The summed E-state index contributed by atoms with van der Waals surface area (Å²) in [5, 5.41) is 8.55. The molecule has 0 saturated carbocycles. The standard InChI is InChI=1S/C6H9NO4/c1-7-4(6(9)10)2-11-3-5(7)8/h4H,2-3H2,1H3,(H,9,10). The van der Waals surface area contributed by atoms with E-state index in [1.54, 1.807) is 0 Å². The number of carboxylic acid groups (broad SMARTS) is 1. The molecule has 5 heteroatoms. The highest BCUT2D eigenvalue weighted by molar-refractivity contribution is 5.85. The van der Waals surface area contributed by atoms with Gasteiger partial charge in [0.25, 0.3) is 0 Å². The van der Waals surface area contributed by atoms with Crippen LogP contribution in [0.15, 0.2) is 0 Å². The van der Waals surface area contributed by atoms with E-state index in [0.29, 0.717) is 0 Å². The van der Waals surface area contributed by atoms with E-state index >= 15 is 0 Å². The van der Waals surface area contributed by atoms with Gasteiger partial charge in [0, 0.05) is 7.05 Å². The summed E-state index contributed by atoms with van der Waals surface area (Å²) in [5.41, 5.74) is 0. The summed E-state index contributed by atoms with van der Waals surface area (Å²) in [6.07, 6.45) is 0. The zero-order chi connectivity index (χ0) is 8.43. The number of aliphatic carboxylic acids is 1. The van der Waals surface area contributed by atoms with Crippen molar-refractivity contribution < 1.29 is 19.4 Å². The van der Waals surface area contributed by atoms with Crippen molar-refractivity contribution in [3.63, 3.8) is 0 Å². The maximum atomic E-state index is 10.8. The summed E-state index contributed by atoms with van der Waals surface area (Å²) in [7, 11) is 1.46. The first kappa shape index (κ1) is 8.00. The second kappa shape index (κ2) is 2.87. The minimum absolute atomic E-state index is 0.0136. The zero-order valence-electron chi connectivity index (χ0n) is 6.11. The third-order valence-corrected chi connectivity index (χ3v) is 1.65. The Morgan fingerprint density at radius 3 is 2.91 bits per heavy atom. The van der Waals surface area contributed by atoms with Crippen LogP contribution in [0.1, 0.15) is 0 Å². The van der Waals surface area contributed by atoms with Crippen LogP contribution in [-0.2, 0) is 14.3 Å². The van der Waals surface area contributed by atoms with Gasteiger partial charge in [0.05, 0.1) is 6.61 Å². The van der Waals surface area contributed by atoms with Crippen molar-refractivity contribution in [2.24, 2.45) is 0 Å². The monoisotopic (exact) mass is 159 g/mol. The molecule has 1 unspecified atom stereocenters. The molecule has 1 rings (SSSR count). The van der Waals surface area contributed by atoms with Gasteiger partial charge in [-0.2, -0.15) is 0 Å². The van der Waals surface area contributed by atoms with Crippen molar-refractivity contribution in [2.45, 2.75) is 6.04 Å². The molecule has 1 atom stereocenters. The largest absolute Gasteiger partial charge is 0.480 e. The molecule has 0 aromatic carbocycles. The van der Waals surface area contributed by atoms with Gasteiger partial charge in [0.15, 0.2) is 6.04 Å². The van der Waals surface area contributed by atoms with Crippen LogP contribution < -0.4 is 0 Å². The first-order chi connectivity index (χ1) is 5.13. The Hall–Kier alpha value is -1.10. The van der Waals surface area contributed by atoms with Crippen LogP contribution in [0.5, 0.6) is 0 Å². The predicted molar refractivity (Wildman–Crippen MR) is 35.0 cm³/mol. The van der Waals surface area contributed by atoms with Crippen molar-refractivity contribution in [3.05, 3.63) is 0 Å². The van der Waals surface area contributed by atoms with Crippen LogP contribution in [0.25, 0.3) is 0 Å². The summed E-state index contributed by atoms with van der Waals surface area (Å²) in [6, 6.07) is -0.823. The van der Waals surface area contributed by atoms with Crippen molar-refractivity contribution in [1.82, 2.24) is 4.90 Å². The maximum Gasteiger partial charge on any atom is 0.328 e. The molecule has 0 aromatic rings. The minimum Gasteiger partial charge on any atom is -0.480 e. The van der Waals surface area contributed by atoms with E-state index in [-0.39, 0.29) is 19.1 Å². The third kappa shape index (κ3) is 1.48. The van der Waals surface area contributed by atoms with Crippen LogP contribution >= 0.6 is 0 Å². The van der Waals surface area contributed by atoms with Crippen molar-refractivity contribution in [2.75, 3.05) is 20.3 Å². The van der Waals surface area contributed by atoms with Crippen molar-refractivity contribution >= 4 is 11.9 Å². The Labute approximate surface area is 63.5 Å². The van der Waals surface area contributed by atoms with Crippen LogP contribution in [0.3, 0.4) is 0 Å². The molecule has 62 valence electrons. The molecule has 0 radical (unpaired) electrons. The van der Waals surface area contributed by atoms with E-state index in [2.05, 4.69) is 0 Å². The Balaban J connectivity index is 2.65. The van der Waals surface area contributed by atoms with Gasteiger partial charge in [-0.25, -0.2) is 4.79 Å². The van der Waals surface area contributed by atoms with Crippen LogP contribution in [0.4, 0.5) is 0 Å². The minimum atomic E-state index is -1.03. The normalized spacial score (nSPS) is 25.4. The fourth-order valence-electron chi connectivity index (χ4n) is 0.882. The molecule has 1 saturated heterocycles. The summed E-state index contributed by atoms with van der Waals surface area (Å²) in [6.45, 7) is 0.0673. The summed E-state index contributed by atoms with van der Waals surface area (Å²) >= 11 is 0. The number of amides is 1. The number of carbonyl (C=O) groups excluding carboxylic acids is 1. The Morgan fingerprint density at radius 1 is 1.82 bits per heavy atom. The molecule has 11 heavy (non-hydrogen) atoms. The number of hydrogen-bond acceptors (Lipinski definition) is 3. The van der Waals surface area contributed by atoms with E-state index in [1.807, 2.05) is 0 Å². The van der Waals surface area contributed by atoms with E-state index in [1.165, 1.54) is 11.9 Å². The molecule has 1 amide bonds. The number of ether oxygens (including phenoxy) is 1. The topological polar surface area (TPSA) is 66.8 Å². The van der Waals surface area contributed by atoms with Gasteiger partial charge in [-0.1, -0.05) is 0 Å². The van der Waals surface area contributed by atoms with Gasteiger partial charge in [-0.05, 0) is 0 Å². The lowest BCUT2D eigenvalue weighted by Gasteiger charge is -2.28. The number of nitrogens with zero attached hydrogens (tertiary/aromatic N) is 1. The number of morpholine rings is 1. The SMILES string of the molecule is CN1C(=O)COCC1C(=O)O. The number of carbonyl (C=O) groups is 2. The van der Waals surface area contributed by atoms with E-state index < -0.39 is 12.0 Å². The molecule has 0 aromatic heterocycles. The first-order valence-corrected chi connectivity index (χ1v) is 3.19. The number of carboxylic acids is 1. The van der Waals surface area contributed by atoms with Crippen molar-refractivity contribution in [1.29, 1.82) is 0 Å². The molecule has 1 fully saturated rings. The third-order valence-electron chi connectivity index (χ3n) is 1.65. The average Bonchev–Trinajstić information content (AvgIpc) is 1.94. The van der Waals surface area contributed by atoms with Gasteiger partial charge in [-0.3, -0.25) is 4.79 Å². The average molecular weight is 159 g/mol. The quantitative estimate of drug-likeness (QED) is 0.529. The van der Waals surface area contributed by atoms with E-state index in [0.717, 1.165) is 0 Å². The Kier molecular flexibility index (Phi) is 2.09. The van der Waals surface area contributed by atoms with Gasteiger partial charge in [0.2, 0.25) is 5.91 Å². The molecule has 0 spiro atoms. The fourth-order valence-corrected chi connectivity index (χ4v) is 0.882. The smallest absolute Gasteiger partial charge is 0.328 e. The molecular formula is C6H9NO4. The Bertz CT molecular complexity index is 191. The van der Waals surface area contributed by atoms with Crippen molar-refractivity contribution in [3.8, 4) is 0 Å². The number of likely N-dealkylation sites (N-methyl/N-ethyl adjacent to an activating group) is 1. The number of rotatable bonds is 1. The summed E-state index contributed by atoms with van der Waals surface area (Å²) < 4.78 is 4.75. The second-order valence-electron chi connectivity index (χ2n) is 2.37. The van der Waals surface area contributed by atoms with Crippen LogP contribution in [0, 0.1) is 0 Å². The molecule has 1 heterocycles. The van der Waals surface area contributed by atoms with Crippen LogP contribution in [-0.4, -0.2) is 48.2 Å². The van der Waals surface area contributed by atoms with Gasteiger partial charge < -0.3 is 14.7 Å². The molecule has 0 bridgehead atoms. The number of hydrogen-bond donors (Lipinski definition) is 1. The zero-order valence-corrected chi connectivity index (χ0v) is 6.11. The highest BCUT2D eigenvalue weighted by Gasteiger charge is 2.30. The lowest BCUT2D eigenvalue weighted by Crippen LogP contribution is -2.50. The molecule has 1 N–H and O–H groups in total. The van der Waals surface area contributed by atoms with Gasteiger partial charge >= 0.3 is 5.97 Å². The molecule has 1 aliphatic rings. The highest BCUT2D eigenvalue weighted by Crippen LogP contribution is 2.04. The van der Waals surface area contributed by atoms with Gasteiger partial charge in [0.1, 0.15) is 6.61 Å². The Morgan fingerprint density at radius 2 is 2.45 bits per heavy atom. The molecular weight excluding hydrogens is 150 g/mol. The molecule has 5 nitrogen and oxygen atoms in total. The summed E-state index contributed by atoms with van der Waals surface area (Å²) in [4.78, 5) is 22.5. The second-order valence-corrected chi connectivity index (χ2v) is 2.37. The molecule has 1 aliphatic heterocycles. The van der Waals surface area contributed by atoms with E-state index in [9.17, 15) is 9.59 Å². The van der Waals surface area contributed by atoms with E-state index in [4.69, 9.17) is 9.84 Å². The lowest BCUT2D eigenvalue weighted by atomic mass is 10.2. The molecule has 0 aliphatic carbocycles. The maximum absolute atomic E-state index is 10.8. The van der Waals surface area contributed by atoms with Gasteiger partial charge in [-0.15, -0.1) is 0 Å². The lowest BCUT2D eigenvalue weighted by molar-refractivity contribution is -0.160.